The van der Waals surface area contributed by atoms with Gasteiger partial charge in [-0.3, -0.25) is 0 Å². The van der Waals surface area contributed by atoms with Crippen molar-refractivity contribution >= 4 is 66.8 Å². The molecular weight excluding hydrogens is 682 g/mol. The molecular formula is C28H24Br2F2N6S2. The molecule has 0 unspecified atom stereocenters. The summed E-state index contributed by atoms with van der Waals surface area (Å²) in [6.45, 7) is 21.2. The summed E-state index contributed by atoms with van der Waals surface area (Å²) in [4.78, 5) is 15.6. The largest absolute Gasteiger partial charge is 0.314 e. The minimum atomic E-state index is -3.00. The third kappa shape index (κ3) is 6.46. The van der Waals surface area contributed by atoms with Crippen molar-refractivity contribution in [1.29, 1.82) is 0 Å². The van der Waals surface area contributed by atoms with Gasteiger partial charge in [-0.1, -0.05) is 31.9 Å². The molecule has 1 aliphatic rings. The van der Waals surface area contributed by atoms with Gasteiger partial charge < -0.3 is 9.13 Å². The van der Waals surface area contributed by atoms with Crippen LogP contribution in [0.25, 0.3) is 21.1 Å². The van der Waals surface area contributed by atoms with Gasteiger partial charge in [0.25, 0.3) is 5.92 Å². The van der Waals surface area contributed by atoms with E-state index < -0.39 is 5.92 Å². The van der Waals surface area contributed by atoms with Crippen LogP contribution in [-0.2, 0) is 10.0 Å². The smallest absolute Gasteiger partial charge is 0.288 e. The van der Waals surface area contributed by atoms with Gasteiger partial charge in [0.15, 0.2) is 0 Å². The van der Waals surface area contributed by atoms with Gasteiger partial charge in [-0.05, 0) is 57.2 Å². The lowest BCUT2D eigenvalue weighted by Crippen LogP contribution is -2.08. The maximum absolute atomic E-state index is 13.3. The number of hydrogen-bond donors (Lipinski definition) is 0. The van der Waals surface area contributed by atoms with Gasteiger partial charge in [0, 0.05) is 39.8 Å². The molecule has 4 aromatic rings. The van der Waals surface area contributed by atoms with Crippen LogP contribution in [0, 0.1) is 27.0 Å². The van der Waals surface area contributed by atoms with Gasteiger partial charge in [-0.2, -0.15) is 8.78 Å². The first-order valence-electron chi connectivity index (χ1n) is 12.0. The van der Waals surface area contributed by atoms with E-state index in [0.717, 1.165) is 33.1 Å². The first-order chi connectivity index (χ1) is 18.9. The molecule has 206 valence electrons. The van der Waals surface area contributed by atoms with Gasteiger partial charge >= 0.3 is 0 Å². The third-order valence-corrected chi connectivity index (χ3v) is 10.4. The van der Waals surface area contributed by atoms with Crippen LogP contribution in [0.5, 0.6) is 0 Å². The zero-order chi connectivity index (χ0) is 29.2. The Bertz CT molecular complexity index is 1640. The summed E-state index contributed by atoms with van der Waals surface area (Å²) in [7, 11) is 0. The second kappa shape index (κ2) is 12.1. The molecule has 0 aliphatic carbocycles. The summed E-state index contributed by atoms with van der Waals surface area (Å²) >= 11 is 10.6. The minimum Gasteiger partial charge on any atom is -0.314 e. The van der Waals surface area contributed by atoms with Gasteiger partial charge in [0.2, 0.25) is 11.4 Å². The highest BCUT2D eigenvalue weighted by molar-refractivity contribution is 9.10. The van der Waals surface area contributed by atoms with Crippen molar-refractivity contribution in [2.75, 3.05) is 11.5 Å². The fourth-order valence-electron chi connectivity index (χ4n) is 4.11. The Morgan fingerprint density at radius 2 is 1.35 bits per heavy atom. The van der Waals surface area contributed by atoms with E-state index in [1.807, 2.05) is 53.2 Å². The van der Waals surface area contributed by atoms with E-state index in [4.69, 9.17) is 18.1 Å². The molecule has 2 aromatic carbocycles. The molecule has 12 heteroatoms. The van der Waals surface area contributed by atoms with Crippen LogP contribution in [0.1, 0.15) is 36.9 Å². The molecule has 1 fully saturated rings. The standard InChI is InChI=1S/C15H14BrN3S2.C13H10BrF2N3/c1-10-18-14(15(2)20-6-7-21-15)9-19(10)13-5-4-11(16)8-12(13)17-3;1-8-18-12(13(2,15)16)7-19(8)11-5-4-9(14)6-10(11)17-3/h4-5,8-9H,6-7H2,1-2H3;4-7H,1-2H3. The SMILES string of the molecule is [C-]#[N+]c1cc(Br)ccc1-n1cc(C(C)(F)F)nc1C.[C-]#[N+]c1cc(Br)ccc1-n1cc(C2(C)SCCS2)nc1C. The topological polar surface area (TPSA) is 44.4 Å². The summed E-state index contributed by atoms with van der Waals surface area (Å²) < 4.78 is 31.8. The quantitative estimate of drug-likeness (QED) is 0.198. The lowest BCUT2D eigenvalue weighted by Gasteiger charge is -2.18. The Morgan fingerprint density at radius 1 is 0.875 bits per heavy atom. The maximum Gasteiger partial charge on any atom is 0.288 e. The summed E-state index contributed by atoms with van der Waals surface area (Å²) in [6, 6.07) is 10.9. The molecule has 0 saturated carbocycles. The van der Waals surface area contributed by atoms with E-state index in [9.17, 15) is 8.78 Å². The highest BCUT2D eigenvalue weighted by Crippen LogP contribution is 2.51. The number of benzene rings is 2. The van der Waals surface area contributed by atoms with Crippen molar-refractivity contribution in [2.45, 2.75) is 37.7 Å². The molecule has 6 nitrogen and oxygen atoms in total. The highest BCUT2D eigenvalue weighted by Gasteiger charge is 2.35. The zero-order valence-corrected chi connectivity index (χ0v) is 26.8. The van der Waals surface area contributed by atoms with Crippen molar-refractivity contribution in [3.8, 4) is 11.4 Å². The molecule has 1 aliphatic heterocycles. The van der Waals surface area contributed by atoms with E-state index in [1.54, 1.807) is 25.1 Å². The molecule has 0 amide bonds. The van der Waals surface area contributed by atoms with Crippen LogP contribution >= 0.6 is 55.4 Å². The number of nitrogens with zero attached hydrogens (tertiary/aromatic N) is 6. The number of hydrogen-bond acceptors (Lipinski definition) is 4. The summed E-state index contributed by atoms with van der Waals surface area (Å²) in [5.41, 5.74) is 3.23. The maximum atomic E-state index is 13.3. The number of imidazole rings is 2. The zero-order valence-electron chi connectivity index (χ0n) is 22.0. The summed E-state index contributed by atoms with van der Waals surface area (Å²) in [5.74, 6) is 0.677. The summed E-state index contributed by atoms with van der Waals surface area (Å²) in [5, 5.41) is 0. The van der Waals surface area contributed by atoms with Crippen LogP contribution in [0.3, 0.4) is 0 Å². The number of halogens is 4. The molecule has 0 atom stereocenters. The molecule has 3 heterocycles. The van der Waals surface area contributed by atoms with Gasteiger partial charge in [-0.25, -0.2) is 19.7 Å². The van der Waals surface area contributed by atoms with E-state index >= 15 is 0 Å². The normalized spacial score (nSPS) is 14.2. The number of aromatic nitrogens is 4. The summed E-state index contributed by atoms with van der Waals surface area (Å²) in [6.07, 6.45) is 3.35. The van der Waals surface area contributed by atoms with Gasteiger partial charge in [0.1, 0.15) is 21.4 Å². The Balaban J connectivity index is 0.000000186. The molecule has 1 saturated heterocycles. The number of thioether (sulfide) groups is 2. The average Bonchev–Trinajstić information content (AvgIpc) is 3.63. The second-order valence-electron chi connectivity index (χ2n) is 9.11. The van der Waals surface area contributed by atoms with E-state index in [0.29, 0.717) is 22.9 Å². The van der Waals surface area contributed by atoms with Crippen molar-refractivity contribution in [2.24, 2.45) is 0 Å². The van der Waals surface area contributed by atoms with E-state index in [1.165, 1.54) is 22.3 Å². The molecule has 0 N–H and O–H groups in total. The van der Waals surface area contributed by atoms with Crippen LogP contribution in [-0.4, -0.2) is 30.6 Å². The lowest BCUT2D eigenvalue weighted by atomic mass is 10.2. The van der Waals surface area contributed by atoms with Crippen molar-refractivity contribution in [3.63, 3.8) is 0 Å². The van der Waals surface area contributed by atoms with Gasteiger partial charge in [-0.15, -0.1) is 23.5 Å². The Kier molecular flexibility index (Phi) is 9.15. The van der Waals surface area contributed by atoms with Crippen LogP contribution < -0.4 is 0 Å². The Morgan fingerprint density at radius 3 is 1.80 bits per heavy atom. The molecule has 0 radical (unpaired) electrons. The fourth-order valence-corrected chi connectivity index (χ4v) is 7.58. The molecule has 40 heavy (non-hydrogen) atoms. The van der Waals surface area contributed by atoms with Crippen molar-refractivity contribution < 1.29 is 8.78 Å². The predicted molar refractivity (Wildman–Crippen MR) is 166 cm³/mol. The number of alkyl halides is 2. The Labute approximate surface area is 257 Å². The molecule has 0 bridgehead atoms. The van der Waals surface area contributed by atoms with Crippen LogP contribution in [0.15, 0.2) is 57.7 Å². The Hall–Kier alpha value is -2.64. The molecule has 0 spiro atoms. The third-order valence-electron chi connectivity index (χ3n) is 6.15. The average molecular weight is 706 g/mol. The lowest BCUT2D eigenvalue weighted by molar-refractivity contribution is 0.0130. The van der Waals surface area contributed by atoms with Crippen molar-refractivity contribution in [3.05, 3.63) is 104 Å². The highest BCUT2D eigenvalue weighted by atomic mass is 79.9. The molecule has 2 aromatic heterocycles. The predicted octanol–water partition coefficient (Wildman–Crippen LogP) is 9.75. The van der Waals surface area contributed by atoms with Crippen molar-refractivity contribution in [1.82, 2.24) is 19.1 Å². The van der Waals surface area contributed by atoms with Crippen LogP contribution in [0.2, 0.25) is 0 Å². The van der Waals surface area contributed by atoms with E-state index in [-0.39, 0.29) is 9.77 Å². The van der Waals surface area contributed by atoms with E-state index in [2.05, 4.69) is 59.7 Å². The van der Waals surface area contributed by atoms with Gasteiger partial charge in [0.05, 0.1) is 30.2 Å². The van der Waals surface area contributed by atoms with Crippen LogP contribution in [0.4, 0.5) is 20.2 Å². The first-order valence-corrected chi connectivity index (χ1v) is 15.6. The molecule has 5 rings (SSSR count). The monoisotopic (exact) mass is 704 g/mol. The first kappa shape index (κ1) is 30.3. The fraction of sp³-hybridized carbons (Fsp3) is 0.286. The number of aryl methyl sites for hydroxylation is 2. The second-order valence-corrected chi connectivity index (χ2v) is 14.2. The minimum absolute atomic E-state index is 0.0314. The number of rotatable bonds is 4.